The summed E-state index contributed by atoms with van der Waals surface area (Å²) in [6.07, 6.45) is 0. The average Bonchev–Trinajstić information content (AvgIpc) is 2.28. The Bertz CT molecular complexity index is 276. The van der Waals surface area contributed by atoms with Crippen LogP contribution in [0.5, 0.6) is 0 Å². The zero-order valence-electron chi connectivity index (χ0n) is 8.64. The molecule has 0 amide bonds. The summed E-state index contributed by atoms with van der Waals surface area (Å²) in [5.74, 6) is 0. The quantitative estimate of drug-likeness (QED) is 0.581. The van der Waals surface area contributed by atoms with Crippen LogP contribution < -0.4 is 57.0 Å². The summed E-state index contributed by atoms with van der Waals surface area (Å²) in [5.41, 5.74) is -1.07. The molecule has 0 aromatic carbocycles. The van der Waals surface area contributed by atoms with Crippen LogP contribution in [0.3, 0.4) is 0 Å². The van der Waals surface area contributed by atoms with Crippen LogP contribution in [0.2, 0.25) is 0 Å². The van der Waals surface area contributed by atoms with Gasteiger partial charge in [0, 0.05) is 5.41 Å². The minimum atomic E-state index is -5.07. The number of rotatable bonds is 1. The largest absolute Gasteiger partial charge is 1.00 e. The van der Waals surface area contributed by atoms with E-state index in [-0.39, 0.29) is 51.4 Å². The van der Waals surface area contributed by atoms with Crippen molar-refractivity contribution in [1.29, 1.82) is 0 Å². The van der Waals surface area contributed by atoms with Gasteiger partial charge in [-0.3, -0.25) is 0 Å². The van der Waals surface area contributed by atoms with E-state index in [2.05, 4.69) is 9.68 Å². The van der Waals surface area contributed by atoms with Gasteiger partial charge in [0.05, 0.1) is 11.4 Å². The monoisotopic (exact) mass is 231 g/mol. The predicted octanol–water partition coefficient (Wildman–Crippen LogP) is -0.970. The smallest absolute Gasteiger partial charge is 0.443 e. The van der Waals surface area contributed by atoms with Gasteiger partial charge < -0.3 is 17.5 Å². The van der Waals surface area contributed by atoms with E-state index in [0.717, 1.165) is 6.07 Å². The molecule has 0 saturated carbocycles. The maximum atomic E-state index is 12.1. The van der Waals surface area contributed by atoms with Crippen molar-refractivity contribution in [3.05, 3.63) is 11.8 Å². The normalized spacial score (nSPS) is 12.4. The molecule has 0 bridgehead atoms. The van der Waals surface area contributed by atoms with Crippen molar-refractivity contribution in [1.82, 2.24) is 5.16 Å². The van der Waals surface area contributed by atoms with Crippen LogP contribution in [-0.4, -0.2) is 12.1 Å². The Hall–Kier alpha value is 0.701. The third kappa shape index (κ3) is 3.69. The van der Waals surface area contributed by atoms with Crippen molar-refractivity contribution in [3.8, 4) is 0 Å². The zero-order chi connectivity index (χ0) is 10.3. The Kier molecular flexibility index (Phi) is 4.93. The van der Waals surface area contributed by atoms with Gasteiger partial charge in [-0.15, -0.1) is 0 Å². The number of halogens is 3. The summed E-state index contributed by atoms with van der Waals surface area (Å²) in [6, 6.07) is 0.958. The molecule has 14 heavy (non-hydrogen) atoms. The fourth-order valence-corrected chi connectivity index (χ4v) is 0.797. The van der Waals surface area contributed by atoms with E-state index in [1.807, 2.05) is 0 Å². The van der Waals surface area contributed by atoms with Gasteiger partial charge in [-0.1, -0.05) is 25.9 Å². The second-order valence-electron chi connectivity index (χ2n) is 3.94. The van der Waals surface area contributed by atoms with Gasteiger partial charge in [0.2, 0.25) is 0 Å². The average molecular weight is 231 g/mol. The van der Waals surface area contributed by atoms with E-state index in [1.54, 1.807) is 20.8 Å². The molecule has 1 heterocycles. The third-order valence-corrected chi connectivity index (χ3v) is 1.62. The van der Waals surface area contributed by atoms with Crippen LogP contribution in [0.15, 0.2) is 10.6 Å². The molecule has 0 aliphatic heterocycles. The van der Waals surface area contributed by atoms with E-state index in [9.17, 15) is 12.9 Å². The van der Waals surface area contributed by atoms with Crippen LogP contribution in [0.4, 0.5) is 12.9 Å². The number of aromatic nitrogens is 1. The summed E-state index contributed by atoms with van der Waals surface area (Å²) in [4.78, 5) is 0. The van der Waals surface area contributed by atoms with Crippen molar-refractivity contribution in [2.24, 2.45) is 0 Å². The first-order valence-electron chi connectivity index (χ1n) is 3.88. The van der Waals surface area contributed by atoms with Gasteiger partial charge in [-0.05, 0) is 6.07 Å². The number of hydrogen-bond acceptors (Lipinski definition) is 2. The standard InChI is InChI=1S/C7H10BF3NO.K/c1-7(2,3)5-4-6(13-12-5)8(9,10)11;/h4H,1-3H3;/q-1;+1. The molecular formula is C7H10BF3KNO. The molecule has 2 nitrogen and oxygen atoms in total. The molecule has 1 aromatic rings. The molecule has 7 heteroatoms. The van der Waals surface area contributed by atoms with Crippen LogP contribution in [0.1, 0.15) is 26.5 Å². The van der Waals surface area contributed by atoms with Crippen LogP contribution in [-0.2, 0) is 5.41 Å². The predicted molar refractivity (Wildman–Crippen MR) is 43.9 cm³/mol. The van der Waals surface area contributed by atoms with Crippen molar-refractivity contribution in [2.75, 3.05) is 0 Å². The molecule has 0 aliphatic rings. The van der Waals surface area contributed by atoms with Crippen molar-refractivity contribution in [3.63, 3.8) is 0 Å². The maximum absolute atomic E-state index is 12.1. The summed E-state index contributed by atoms with van der Waals surface area (Å²) >= 11 is 0. The summed E-state index contributed by atoms with van der Waals surface area (Å²) in [6.45, 7) is 0.262. The first kappa shape index (κ1) is 14.7. The third-order valence-electron chi connectivity index (χ3n) is 1.62. The molecule has 0 N–H and O–H groups in total. The summed E-state index contributed by atoms with van der Waals surface area (Å²) in [5, 5.41) is 3.37. The van der Waals surface area contributed by atoms with Gasteiger partial charge in [0.25, 0.3) is 0 Å². The Labute approximate surface area is 123 Å². The van der Waals surface area contributed by atoms with E-state index in [1.165, 1.54) is 0 Å². The molecule has 1 rings (SSSR count). The number of nitrogens with zero attached hydrogens (tertiary/aromatic N) is 1. The Balaban J connectivity index is 0.00000169. The molecule has 1 aromatic heterocycles. The van der Waals surface area contributed by atoms with Gasteiger partial charge in [-0.2, -0.15) is 0 Å². The first-order chi connectivity index (χ1) is 5.71. The fraction of sp³-hybridized carbons (Fsp3) is 0.571. The Morgan fingerprint density at radius 1 is 1.29 bits per heavy atom. The molecule has 0 saturated heterocycles. The molecule has 0 aliphatic carbocycles. The van der Waals surface area contributed by atoms with Crippen molar-refractivity contribution < 1.29 is 68.9 Å². The first-order valence-corrected chi connectivity index (χ1v) is 3.88. The molecule has 0 unspecified atom stereocenters. The fourth-order valence-electron chi connectivity index (χ4n) is 0.797. The van der Waals surface area contributed by atoms with Gasteiger partial charge in [0.15, 0.2) is 0 Å². The van der Waals surface area contributed by atoms with E-state index in [4.69, 9.17) is 0 Å². The Morgan fingerprint density at radius 3 is 2.00 bits per heavy atom. The van der Waals surface area contributed by atoms with E-state index < -0.39 is 18.1 Å². The molecule has 0 atom stereocenters. The van der Waals surface area contributed by atoms with E-state index >= 15 is 0 Å². The summed E-state index contributed by atoms with van der Waals surface area (Å²) < 4.78 is 40.6. The number of hydrogen-bond donors (Lipinski definition) is 0. The van der Waals surface area contributed by atoms with Crippen molar-refractivity contribution >= 4 is 12.6 Å². The second-order valence-corrected chi connectivity index (χ2v) is 3.94. The molecular weight excluding hydrogens is 221 g/mol. The Morgan fingerprint density at radius 2 is 1.79 bits per heavy atom. The maximum Gasteiger partial charge on any atom is 1.00 e. The molecule has 0 fully saturated rings. The minimum absolute atomic E-state index is 0. The molecule has 0 spiro atoms. The second kappa shape index (κ2) is 4.69. The van der Waals surface area contributed by atoms with Gasteiger partial charge in [-0.25, -0.2) is 0 Å². The van der Waals surface area contributed by atoms with Crippen molar-refractivity contribution in [2.45, 2.75) is 26.2 Å². The summed E-state index contributed by atoms with van der Waals surface area (Å²) in [7, 11) is 0. The van der Waals surface area contributed by atoms with Crippen LogP contribution >= 0.6 is 0 Å². The van der Waals surface area contributed by atoms with E-state index in [0.29, 0.717) is 5.69 Å². The van der Waals surface area contributed by atoms with Crippen LogP contribution in [0, 0.1) is 0 Å². The molecule has 0 radical (unpaired) electrons. The topological polar surface area (TPSA) is 26.0 Å². The van der Waals surface area contributed by atoms with Gasteiger partial charge in [0.1, 0.15) is 0 Å². The minimum Gasteiger partial charge on any atom is -0.443 e. The SMILES string of the molecule is CC(C)(C)c1cc([B-](F)(F)F)on1.[K+]. The van der Waals surface area contributed by atoms with Gasteiger partial charge >= 0.3 is 58.4 Å². The molecule has 74 valence electrons. The zero-order valence-corrected chi connectivity index (χ0v) is 11.8. The van der Waals surface area contributed by atoms with Crippen LogP contribution in [0.25, 0.3) is 0 Å².